The molecule has 0 aliphatic heterocycles. The van der Waals surface area contributed by atoms with Crippen LogP contribution >= 0.6 is 0 Å². The predicted molar refractivity (Wildman–Crippen MR) is 104 cm³/mol. The molecule has 2 aromatic rings. The zero-order chi connectivity index (χ0) is 18.5. The van der Waals surface area contributed by atoms with Crippen molar-refractivity contribution in [2.45, 2.75) is 20.4 Å². The molecule has 1 N–H and O–H groups in total. The third-order valence-electron chi connectivity index (χ3n) is 3.68. The molecule has 0 saturated heterocycles. The van der Waals surface area contributed by atoms with Crippen LogP contribution < -0.4 is 14.8 Å². The SMILES string of the molecule is CCOCCOc1ccc(CNc2ccc(OCCOCC)cc2)cc1. The van der Waals surface area contributed by atoms with Crippen molar-refractivity contribution in [3.63, 3.8) is 0 Å². The van der Waals surface area contributed by atoms with E-state index < -0.39 is 0 Å². The Morgan fingerprint density at radius 1 is 0.654 bits per heavy atom. The van der Waals surface area contributed by atoms with Crippen molar-refractivity contribution in [1.82, 2.24) is 0 Å². The number of rotatable bonds is 13. The van der Waals surface area contributed by atoms with Gasteiger partial charge in [0.2, 0.25) is 0 Å². The summed E-state index contributed by atoms with van der Waals surface area (Å²) in [7, 11) is 0. The van der Waals surface area contributed by atoms with E-state index in [2.05, 4.69) is 17.4 Å². The van der Waals surface area contributed by atoms with Crippen LogP contribution in [0.3, 0.4) is 0 Å². The van der Waals surface area contributed by atoms with E-state index in [-0.39, 0.29) is 0 Å². The predicted octanol–water partition coefficient (Wildman–Crippen LogP) is 4.13. The Balaban J connectivity index is 1.70. The van der Waals surface area contributed by atoms with E-state index in [9.17, 15) is 0 Å². The summed E-state index contributed by atoms with van der Waals surface area (Å²) in [4.78, 5) is 0. The second-order valence-corrected chi connectivity index (χ2v) is 5.61. The molecule has 2 aromatic carbocycles. The lowest BCUT2D eigenvalue weighted by Crippen LogP contribution is -2.06. The zero-order valence-corrected chi connectivity index (χ0v) is 15.7. The Morgan fingerprint density at radius 3 is 1.65 bits per heavy atom. The van der Waals surface area contributed by atoms with Crippen LogP contribution in [0.2, 0.25) is 0 Å². The third kappa shape index (κ3) is 7.76. The minimum Gasteiger partial charge on any atom is -0.491 e. The van der Waals surface area contributed by atoms with Gasteiger partial charge >= 0.3 is 0 Å². The van der Waals surface area contributed by atoms with Crippen LogP contribution in [0.4, 0.5) is 5.69 Å². The number of benzene rings is 2. The molecule has 0 aromatic heterocycles. The van der Waals surface area contributed by atoms with Crippen molar-refractivity contribution < 1.29 is 18.9 Å². The number of anilines is 1. The molecular weight excluding hydrogens is 330 g/mol. The first-order chi connectivity index (χ1) is 12.8. The summed E-state index contributed by atoms with van der Waals surface area (Å²) in [6, 6.07) is 16.1. The van der Waals surface area contributed by atoms with Crippen LogP contribution in [0, 0.1) is 0 Å². The van der Waals surface area contributed by atoms with Crippen molar-refractivity contribution in [2.24, 2.45) is 0 Å². The molecule has 0 bridgehead atoms. The second-order valence-electron chi connectivity index (χ2n) is 5.61. The first-order valence-electron chi connectivity index (χ1n) is 9.15. The van der Waals surface area contributed by atoms with Gasteiger partial charge in [0.1, 0.15) is 24.7 Å². The summed E-state index contributed by atoms with van der Waals surface area (Å²) in [6.45, 7) is 8.51. The number of hydrogen-bond acceptors (Lipinski definition) is 5. The summed E-state index contributed by atoms with van der Waals surface area (Å²) >= 11 is 0. The Morgan fingerprint density at radius 2 is 1.15 bits per heavy atom. The first-order valence-corrected chi connectivity index (χ1v) is 9.15. The number of hydrogen-bond donors (Lipinski definition) is 1. The molecule has 0 aliphatic carbocycles. The smallest absolute Gasteiger partial charge is 0.119 e. The molecule has 0 atom stereocenters. The average Bonchev–Trinajstić information content (AvgIpc) is 2.69. The monoisotopic (exact) mass is 359 g/mol. The number of ether oxygens (including phenoxy) is 4. The highest BCUT2D eigenvalue weighted by atomic mass is 16.5. The molecule has 2 rings (SSSR count). The van der Waals surface area contributed by atoms with Crippen LogP contribution in [0.15, 0.2) is 48.5 Å². The molecular formula is C21H29NO4. The fourth-order valence-corrected chi connectivity index (χ4v) is 2.30. The highest BCUT2D eigenvalue weighted by molar-refractivity contribution is 5.47. The molecule has 5 nitrogen and oxygen atoms in total. The van der Waals surface area contributed by atoms with Gasteiger partial charge in [0.15, 0.2) is 0 Å². The van der Waals surface area contributed by atoms with E-state index in [1.807, 2.05) is 50.2 Å². The lowest BCUT2D eigenvalue weighted by atomic mass is 10.2. The molecule has 0 heterocycles. The molecule has 142 valence electrons. The molecule has 0 fully saturated rings. The van der Waals surface area contributed by atoms with Crippen LogP contribution in [-0.4, -0.2) is 39.6 Å². The molecule has 0 amide bonds. The normalized spacial score (nSPS) is 10.5. The zero-order valence-electron chi connectivity index (χ0n) is 15.7. The summed E-state index contributed by atoms with van der Waals surface area (Å²) in [6.07, 6.45) is 0. The van der Waals surface area contributed by atoms with Gasteiger partial charge in [-0.25, -0.2) is 0 Å². The summed E-state index contributed by atoms with van der Waals surface area (Å²) in [5, 5.41) is 3.40. The van der Waals surface area contributed by atoms with E-state index in [4.69, 9.17) is 18.9 Å². The Hall–Kier alpha value is -2.24. The summed E-state index contributed by atoms with van der Waals surface area (Å²) in [5.41, 5.74) is 2.25. The second kappa shape index (κ2) is 12.2. The molecule has 0 saturated carbocycles. The molecule has 0 aliphatic rings. The molecule has 26 heavy (non-hydrogen) atoms. The van der Waals surface area contributed by atoms with Crippen LogP contribution in [0.25, 0.3) is 0 Å². The van der Waals surface area contributed by atoms with Crippen LogP contribution in [0.5, 0.6) is 11.5 Å². The highest BCUT2D eigenvalue weighted by Crippen LogP contribution is 2.17. The van der Waals surface area contributed by atoms with Crippen molar-refractivity contribution in [1.29, 1.82) is 0 Å². The van der Waals surface area contributed by atoms with Crippen molar-refractivity contribution in [2.75, 3.05) is 45.0 Å². The molecule has 5 heteroatoms. The molecule has 0 unspecified atom stereocenters. The van der Waals surface area contributed by atoms with Crippen LogP contribution in [0.1, 0.15) is 19.4 Å². The van der Waals surface area contributed by atoms with E-state index >= 15 is 0 Å². The van der Waals surface area contributed by atoms with Gasteiger partial charge in [-0.2, -0.15) is 0 Å². The quantitative estimate of drug-likeness (QED) is 0.545. The maximum absolute atomic E-state index is 5.62. The Kier molecular flexibility index (Phi) is 9.40. The van der Waals surface area contributed by atoms with Crippen molar-refractivity contribution in [3.8, 4) is 11.5 Å². The summed E-state index contributed by atoms with van der Waals surface area (Å²) < 4.78 is 21.7. The minimum absolute atomic E-state index is 0.569. The fraction of sp³-hybridized carbons (Fsp3) is 0.429. The molecule has 0 radical (unpaired) electrons. The lowest BCUT2D eigenvalue weighted by Gasteiger charge is -2.10. The van der Waals surface area contributed by atoms with Gasteiger partial charge in [0, 0.05) is 25.4 Å². The summed E-state index contributed by atoms with van der Waals surface area (Å²) in [5.74, 6) is 1.71. The first kappa shape index (κ1) is 20.1. The number of nitrogens with one attached hydrogen (secondary N) is 1. The van der Waals surface area contributed by atoms with Crippen molar-refractivity contribution >= 4 is 5.69 Å². The van der Waals surface area contributed by atoms with Gasteiger partial charge in [0.05, 0.1) is 13.2 Å². The van der Waals surface area contributed by atoms with Crippen molar-refractivity contribution in [3.05, 3.63) is 54.1 Å². The van der Waals surface area contributed by atoms with Gasteiger partial charge in [-0.05, 0) is 55.8 Å². The van der Waals surface area contributed by atoms with Gasteiger partial charge in [0.25, 0.3) is 0 Å². The Labute approximate surface area is 156 Å². The van der Waals surface area contributed by atoms with Gasteiger partial charge in [-0.15, -0.1) is 0 Å². The maximum atomic E-state index is 5.62. The van der Waals surface area contributed by atoms with E-state index in [1.165, 1.54) is 5.56 Å². The van der Waals surface area contributed by atoms with E-state index in [1.54, 1.807) is 0 Å². The van der Waals surface area contributed by atoms with Gasteiger partial charge < -0.3 is 24.3 Å². The van der Waals surface area contributed by atoms with Gasteiger partial charge in [-0.1, -0.05) is 12.1 Å². The van der Waals surface area contributed by atoms with E-state index in [0.717, 1.165) is 23.7 Å². The van der Waals surface area contributed by atoms with Crippen LogP contribution in [-0.2, 0) is 16.0 Å². The van der Waals surface area contributed by atoms with E-state index in [0.29, 0.717) is 39.6 Å². The largest absolute Gasteiger partial charge is 0.491 e. The minimum atomic E-state index is 0.569. The fourth-order valence-electron chi connectivity index (χ4n) is 2.30. The Bertz CT molecular complexity index is 543. The average molecular weight is 359 g/mol. The highest BCUT2D eigenvalue weighted by Gasteiger charge is 1.99. The van der Waals surface area contributed by atoms with Gasteiger partial charge in [-0.3, -0.25) is 0 Å². The third-order valence-corrected chi connectivity index (χ3v) is 3.68. The molecule has 0 spiro atoms. The lowest BCUT2D eigenvalue weighted by molar-refractivity contribution is 0.110. The maximum Gasteiger partial charge on any atom is 0.119 e. The standard InChI is InChI=1S/C21H29NO4/c1-3-23-13-15-25-20-9-5-18(6-10-20)17-22-19-7-11-21(12-8-19)26-16-14-24-4-2/h5-12,22H,3-4,13-17H2,1-2H3. The topological polar surface area (TPSA) is 49.0 Å².